The largest absolute Gasteiger partial charge is 0.481 e. The molecule has 1 aromatic rings. The van der Waals surface area contributed by atoms with Gasteiger partial charge in [0.1, 0.15) is 0 Å². The van der Waals surface area contributed by atoms with Crippen LogP contribution < -0.4 is 0 Å². The minimum absolute atomic E-state index is 0.305. The molecular weight excluding hydrogens is 224 g/mol. The second-order valence-electron chi connectivity index (χ2n) is 4.31. The maximum absolute atomic E-state index is 10.7. The Hall–Kier alpha value is -0.940. The number of nitrogens with zero attached hydrogens (tertiary/aromatic N) is 2. The van der Waals surface area contributed by atoms with Gasteiger partial charge in [-0.05, 0) is 25.3 Å². The molecule has 16 heavy (non-hydrogen) atoms. The van der Waals surface area contributed by atoms with E-state index in [4.69, 9.17) is 5.11 Å². The van der Waals surface area contributed by atoms with Crippen LogP contribution in [-0.4, -0.2) is 34.0 Å². The average Bonchev–Trinajstić information content (AvgIpc) is 2.70. The van der Waals surface area contributed by atoms with Gasteiger partial charge in [0.2, 0.25) is 0 Å². The van der Waals surface area contributed by atoms with Crippen LogP contribution >= 0.6 is 11.3 Å². The molecule has 1 fully saturated rings. The van der Waals surface area contributed by atoms with Gasteiger partial charge < -0.3 is 5.11 Å². The molecule has 1 atom stereocenters. The average molecular weight is 240 g/mol. The van der Waals surface area contributed by atoms with Crippen LogP contribution in [-0.2, 0) is 11.3 Å². The van der Waals surface area contributed by atoms with Crippen LogP contribution in [0.4, 0.5) is 0 Å². The van der Waals surface area contributed by atoms with Crippen molar-refractivity contribution in [3.8, 4) is 0 Å². The first-order valence-electron chi connectivity index (χ1n) is 5.55. The first-order valence-corrected chi connectivity index (χ1v) is 6.43. The van der Waals surface area contributed by atoms with Crippen LogP contribution in [0.25, 0.3) is 0 Å². The number of thiazole rings is 1. The third kappa shape index (κ3) is 3.28. The fraction of sp³-hybridized carbons (Fsp3) is 0.636. The molecule has 1 unspecified atom stereocenters. The van der Waals surface area contributed by atoms with Crippen molar-refractivity contribution in [2.24, 2.45) is 5.92 Å². The summed E-state index contributed by atoms with van der Waals surface area (Å²) < 4.78 is 0. The van der Waals surface area contributed by atoms with Crippen molar-refractivity contribution in [2.45, 2.75) is 25.8 Å². The van der Waals surface area contributed by atoms with Gasteiger partial charge in [-0.2, -0.15) is 0 Å². The number of hydrogen-bond acceptors (Lipinski definition) is 4. The summed E-state index contributed by atoms with van der Waals surface area (Å²) in [7, 11) is 0. The van der Waals surface area contributed by atoms with E-state index in [1.165, 1.54) is 4.88 Å². The molecule has 0 aromatic carbocycles. The third-order valence-corrected chi connectivity index (χ3v) is 3.69. The molecule has 4 nitrogen and oxygen atoms in total. The number of carbonyl (C=O) groups is 1. The van der Waals surface area contributed by atoms with Crippen LogP contribution in [0.3, 0.4) is 0 Å². The van der Waals surface area contributed by atoms with Gasteiger partial charge in [-0.15, -0.1) is 11.3 Å². The molecule has 0 aliphatic carbocycles. The zero-order valence-corrected chi connectivity index (χ0v) is 9.95. The fourth-order valence-corrected chi connectivity index (χ4v) is 2.88. The van der Waals surface area contributed by atoms with E-state index >= 15 is 0 Å². The second kappa shape index (κ2) is 5.41. The lowest BCUT2D eigenvalue weighted by Crippen LogP contribution is -2.35. The molecule has 0 spiro atoms. The van der Waals surface area contributed by atoms with E-state index in [2.05, 4.69) is 9.88 Å². The first kappa shape index (κ1) is 11.5. The van der Waals surface area contributed by atoms with Crippen molar-refractivity contribution in [2.75, 3.05) is 13.1 Å². The van der Waals surface area contributed by atoms with Crippen molar-refractivity contribution in [3.63, 3.8) is 0 Å². The summed E-state index contributed by atoms with van der Waals surface area (Å²) >= 11 is 1.66. The quantitative estimate of drug-likeness (QED) is 0.872. The Labute approximate surface area is 98.9 Å². The molecule has 5 heteroatoms. The van der Waals surface area contributed by atoms with Crippen molar-refractivity contribution in [3.05, 3.63) is 16.6 Å². The number of likely N-dealkylation sites (tertiary alicyclic amines) is 1. The second-order valence-corrected chi connectivity index (χ2v) is 5.28. The van der Waals surface area contributed by atoms with Crippen molar-refractivity contribution in [1.29, 1.82) is 0 Å². The monoisotopic (exact) mass is 240 g/mol. The highest BCUT2D eigenvalue weighted by Crippen LogP contribution is 2.21. The van der Waals surface area contributed by atoms with E-state index in [1.807, 2.05) is 11.7 Å². The molecule has 1 aliphatic heterocycles. The maximum Gasteiger partial charge on any atom is 0.303 e. The summed E-state index contributed by atoms with van der Waals surface area (Å²) in [5, 5.41) is 8.78. The molecular formula is C11H16N2O2S. The molecule has 0 bridgehead atoms. The van der Waals surface area contributed by atoms with Crippen molar-refractivity contribution >= 4 is 17.3 Å². The molecule has 0 radical (unpaired) electrons. The lowest BCUT2D eigenvalue weighted by Gasteiger charge is -2.31. The lowest BCUT2D eigenvalue weighted by atomic mass is 9.95. The number of carboxylic acids is 1. The predicted octanol–water partition coefficient (Wildman–Crippen LogP) is 1.83. The number of piperidine rings is 1. The normalized spacial score (nSPS) is 22.1. The molecule has 1 saturated heterocycles. The number of carboxylic acid groups (broad SMARTS) is 1. The van der Waals surface area contributed by atoms with E-state index in [-0.39, 0.29) is 0 Å². The molecule has 0 amide bonds. The zero-order valence-electron chi connectivity index (χ0n) is 9.13. The Morgan fingerprint density at radius 3 is 3.25 bits per heavy atom. The Balaban J connectivity index is 1.84. The summed E-state index contributed by atoms with van der Waals surface area (Å²) in [5.74, 6) is -0.358. The number of hydrogen-bond donors (Lipinski definition) is 1. The summed E-state index contributed by atoms with van der Waals surface area (Å²) in [4.78, 5) is 18.3. The molecule has 2 heterocycles. The van der Waals surface area contributed by atoms with Gasteiger partial charge in [0, 0.05) is 30.6 Å². The number of rotatable bonds is 4. The summed E-state index contributed by atoms with van der Waals surface area (Å²) in [6.45, 7) is 2.90. The van der Waals surface area contributed by atoms with Gasteiger partial charge in [-0.3, -0.25) is 14.7 Å². The van der Waals surface area contributed by atoms with Crippen LogP contribution in [0.5, 0.6) is 0 Å². The molecule has 1 aliphatic rings. The highest BCUT2D eigenvalue weighted by molar-refractivity contribution is 7.09. The number of aromatic nitrogens is 1. The van der Waals surface area contributed by atoms with Crippen LogP contribution in [0.1, 0.15) is 24.1 Å². The summed E-state index contributed by atoms with van der Waals surface area (Å²) in [5.41, 5.74) is 1.84. The highest BCUT2D eigenvalue weighted by Gasteiger charge is 2.22. The standard InChI is InChI=1S/C11H16N2O2S/c14-11(15)4-9-2-1-3-13(6-9)7-10-5-12-8-16-10/h5,8-9H,1-4,6-7H2,(H,14,15). The van der Waals surface area contributed by atoms with E-state index in [0.717, 1.165) is 32.5 Å². The minimum Gasteiger partial charge on any atom is -0.481 e. The van der Waals surface area contributed by atoms with Crippen molar-refractivity contribution < 1.29 is 9.90 Å². The van der Waals surface area contributed by atoms with Crippen molar-refractivity contribution in [1.82, 2.24) is 9.88 Å². The SMILES string of the molecule is O=C(O)CC1CCCN(Cc2cncs2)C1. The van der Waals surface area contributed by atoms with Gasteiger partial charge >= 0.3 is 5.97 Å². The Kier molecular flexibility index (Phi) is 3.90. The van der Waals surface area contributed by atoms with E-state index in [1.54, 1.807) is 11.3 Å². The third-order valence-electron chi connectivity index (χ3n) is 2.93. The van der Waals surface area contributed by atoms with Crippen LogP contribution in [0, 0.1) is 5.92 Å². The van der Waals surface area contributed by atoms with Gasteiger partial charge in [-0.25, -0.2) is 0 Å². The minimum atomic E-state index is -0.676. The van der Waals surface area contributed by atoms with Crippen LogP contribution in [0.2, 0.25) is 0 Å². The number of aliphatic carboxylic acids is 1. The molecule has 88 valence electrons. The first-order chi connectivity index (χ1) is 7.74. The Morgan fingerprint density at radius 1 is 1.69 bits per heavy atom. The topological polar surface area (TPSA) is 53.4 Å². The maximum atomic E-state index is 10.7. The summed E-state index contributed by atoms with van der Waals surface area (Å²) in [6, 6.07) is 0. The van der Waals surface area contributed by atoms with Gasteiger partial charge in [0.05, 0.1) is 5.51 Å². The van der Waals surface area contributed by atoms with Crippen LogP contribution in [0.15, 0.2) is 11.7 Å². The van der Waals surface area contributed by atoms with Gasteiger partial charge in [0.15, 0.2) is 0 Å². The Morgan fingerprint density at radius 2 is 2.56 bits per heavy atom. The Bertz CT molecular complexity index is 340. The molecule has 0 saturated carbocycles. The molecule has 1 aromatic heterocycles. The fourth-order valence-electron chi connectivity index (χ4n) is 2.25. The predicted molar refractivity (Wildman–Crippen MR) is 62.4 cm³/mol. The van der Waals surface area contributed by atoms with E-state index in [9.17, 15) is 4.79 Å². The molecule has 2 rings (SSSR count). The highest BCUT2D eigenvalue weighted by atomic mass is 32.1. The van der Waals surface area contributed by atoms with Gasteiger partial charge in [-0.1, -0.05) is 0 Å². The van der Waals surface area contributed by atoms with E-state index in [0.29, 0.717) is 12.3 Å². The lowest BCUT2D eigenvalue weighted by molar-refractivity contribution is -0.138. The smallest absolute Gasteiger partial charge is 0.303 e. The molecule has 1 N–H and O–H groups in total. The van der Waals surface area contributed by atoms with E-state index < -0.39 is 5.97 Å². The van der Waals surface area contributed by atoms with Gasteiger partial charge in [0.25, 0.3) is 0 Å². The zero-order chi connectivity index (χ0) is 11.4. The summed E-state index contributed by atoms with van der Waals surface area (Å²) in [6.07, 6.45) is 4.35.